The smallest absolute Gasteiger partial charge is 0.338 e. The maximum atomic E-state index is 12.4. The molecule has 0 heterocycles. The third-order valence-electron chi connectivity index (χ3n) is 3.41. The summed E-state index contributed by atoms with van der Waals surface area (Å²) in [5.41, 5.74) is 1.42. The minimum Gasteiger partial charge on any atom is -0.450 e. The molecule has 0 aliphatic rings. The number of rotatable bonds is 6. The van der Waals surface area contributed by atoms with Crippen molar-refractivity contribution in [3.8, 4) is 0 Å². The Labute approximate surface area is 140 Å². The molecule has 5 heteroatoms. The third kappa shape index (κ3) is 4.52. The van der Waals surface area contributed by atoms with Crippen LogP contribution in [0.25, 0.3) is 0 Å². The summed E-state index contributed by atoms with van der Waals surface area (Å²) in [5.74, 6) is -0.980. The summed E-state index contributed by atoms with van der Waals surface area (Å²) in [6.45, 7) is 3.20. The van der Waals surface area contributed by atoms with Crippen molar-refractivity contribution in [1.82, 2.24) is 0 Å². The highest BCUT2D eigenvalue weighted by molar-refractivity contribution is 6.01. The van der Waals surface area contributed by atoms with E-state index >= 15 is 0 Å². The van der Waals surface area contributed by atoms with E-state index in [0.29, 0.717) is 23.2 Å². The number of ketones is 1. The van der Waals surface area contributed by atoms with Crippen molar-refractivity contribution >= 4 is 23.3 Å². The fourth-order valence-electron chi connectivity index (χ4n) is 2.20. The molecule has 0 saturated heterocycles. The average molecular weight is 325 g/mol. The van der Waals surface area contributed by atoms with Crippen LogP contribution in [0, 0.1) is 0 Å². The van der Waals surface area contributed by atoms with Crippen LogP contribution >= 0.6 is 0 Å². The van der Waals surface area contributed by atoms with Gasteiger partial charge in [0.1, 0.15) is 0 Å². The second-order valence-electron chi connectivity index (χ2n) is 5.29. The van der Waals surface area contributed by atoms with Crippen LogP contribution in [-0.2, 0) is 9.53 Å². The van der Waals surface area contributed by atoms with Gasteiger partial charge in [-0.05, 0) is 30.7 Å². The first-order valence-corrected chi connectivity index (χ1v) is 7.69. The van der Waals surface area contributed by atoms with Crippen molar-refractivity contribution in [3.05, 3.63) is 65.7 Å². The van der Waals surface area contributed by atoms with E-state index in [9.17, 15) is 14.4 Å². The molecular formula is C19H19NO4. The number of carbonyl (C=O) groups excluding carboxylic acids is 3. The van der Waals surface area contributed by atoms with E-state index in [2.05, 4.69) is 5.32 Å². The van der Waals surface area contributed by atoms with Crippen LogP contribution in [0.2, 0.25) is 0 Å². The zero-order chi connectivity index (χ0) is 17.5. The van der Waals surface area contributed by atoms with E-state index in [0.717, 1.165) is 0 Å². The molecule has 0 aliphatic carbocycles. The van der Waals surface area contributed by atoms with Gasteiger partial charge in [-0.25, -0.2) is 4.79 Å². The van der Waals surface area contributed by atoms with E-state index in [-0.39, 0.29) is 11.7 Å². The van der Waals surface area contributed by atoms with Crippen molar-refractivity contribution in [3.63, 3.8) is 0 Å². The summed E-state index contributed by atoms with van der Waals surface area (Å²) >= 11 is 0. The summed E-state index contributed by atoms with van der Waals surface area (Å²) in [6.07, 6.45) is -0.432. The third-order valence-corrected chi connectivity index (χ3v) is 3.41. The van der Waals surface area contributed by atoms with Gasteiger partial charge in [-0.3, -0.25) is 9.59 Å². The Hall–Kier alpha value is -2.95. The van der Waals surface area contributed by atoms with Crippen LogP contribution in [0.5, 0.6) is 0 Å². The lowest BCUT2D eigenvalue weighted by molar-refractivity contribution is -0.114. The second-order valence-corrected chi connectivity index (χ2v) is 5.29. The van der Waals surface area contributed by atoms with Gasteiger partial charge in [-0.2, -0.15) is 0 Å². The van der Waals surface area contributed by atoms with Crippen LogP contribution in [0.1, 0.15) is 41.0 Å². The molecule has 1 amide bonds. The van der Waals surface area contributed by atoms with E-state index < -0.39 is 12.1 Å². The molecule has 0 spiro atoms. The lowest BCUT2D eigenvalue weighted by Crippen LogP contribution is -2.26. The number of nitrogens with one attached hydrogen (secondary N) is 1. The van der Waals surface area contributed by atoms with Crippen molar-refractivity contribution < 1.29 is 19.1 Å². The molecular weight excluding hydrogens is 306 g/mol. The predicted molar refractivity (Wildman–Crippen MR) is 91.0 cm³/mol. The van der Waals surface area contributed by atoms with Crippen molar-refractivity contribution in [2.24, 2.45) is 0 Å². The van der Waals surface area contributed by atoms with Gasteiger partial charge in [0, 0.05) is 18.2 Å². The number of carbonyl (C=O) groups is 3. The number of hydrogen-bond donors (Lipinski definition) is 1. The fraction of sp³-hybridized carbons (Fsp3) is 0.211. The van der Waals surface area contributed by atoms with Gasteiger partial charge >= 0.3 is 5.97 Å². The summed E-state index contributed by atoms with van der Waals surface area (Å²) in [7, 11) is 0. The second kappa shape index (κ2) is 8.06. The van der Waals surface area contributed by atoms with Gasteiger partial charge in [0.15, 0.2) is 6.10 Å². The topological polar surface area (TPSA) is 72.5 Å². The molecule has 24 heavy (non-hydrogen) atoms. The highest BCUT2D eigenvalue weighted by Gasteiger charge is 2.23. The Morgan fingerprint density at radius 3 is 2.12 bits per heavy atom. The van der Waals surface area contributed by atoms with Gasteiger partial charge < -0.3 is 10.1 Å². The van der Waals surface area contributed by atoms with Crippen LogP contribution in [-0.4, -0.2) is 23.8 Å². The van der Waals surface area contributed by atoms with E-state index in [4.69, 9.17) is 4.74 Å². The molecule has 1 atom stereocenters. The minimum atomic E-state index is -0.824. The highest BCUT2D eigenvalue weighted by atomic mass is 16.5. The molecule has 2 rings (SSSR count). The molecule has 0 fully saturated rings. The molecule has 5 nitrogen and oxygen atoms in total. The number of Topliss-reactive ketones (excluding diaryl/α,β-unsaturated/α-hetero) is 1. The molecule has 0 aliphatic heterocycles. The van der Waals surface area contributed by atoms with Crippen LogP contribution in [0.3, 0.4) is 0 Å². The number of amides is 1. The van der Waals surface area contributed by atoms with Crippen molar-refractivity contribution in [1.29, 1.82) is 0 Å². The fourth-order valence-corrected chi connectivity index (χ4v) is 2.20. The van der Waals surface area contributed by atoms with E-state index in [1.165, 1.54) is 6.92 Å². The molecule has 0 radical (unpaired) electrons. The van der Waals surface area contributed by atoms with Gasteiger partial charge in [-0.15, -0.1) is 0 Å². The minimum absolute atomic E-state index is 0.190. The number of hydrogen-bond acceptors (Lipinski definition) is 4. The number of benzene rings is 2. The summed E-state index contributed by atoms with van der Waals surface area (Å²) in [6, 6.07) is 15.1. The standard InChI is InChI=1S/C19H19NO4/c1-3-17(18(22)14-7-5-4-6-8-14)24-19(23)15-9-11-16(12-10-15)20-13(2)21/h4-12,17H,3H2,1-2H3,(H,20,21)/t17-/m1/s1. The molecule has 0 aromatic heterocycles. The molecule has 1 N–H and O–H groups in total. The van der Waals surface area contributed by atoms with Crippen LogP contribution in [0.15, 0.2) is 54.6 Å². The van der Waals surface area contributed by atoms with Crippen molar-refractivity contribution in [2.75, 3.05) is 5.32 Å². The zero-order valence-corrected chi connectivity index (χ0v) is 13.6. The van der Waals surface area contributed by atoms with Gasteiger partial charge in [-0.1, -0.05) is 37.3 Å². The largest absolute Gasteiger partial charge is 0.450 e. The maximum Gasteiger partial charge on any atom is 0.338 e. The van der Waals surface area contributed by atoms with Crippen LogP contribution < -0.4 is 5.32 Å². The number of ether oxygens (including phenoxy) is 1. The Morgan fingerprint density at radius 1 is 0.958 bits per heavy atom. The Morgan fingerprint density at radius 2 is 1.58 bits per heavy atom. The van der Waals surface area contributed by atoms with Crippen LogP contribution in [0.4, 0.5) is 5.69 Å². The predicted octanol–water partition coefficient (Wildman–Crippen LogP) is 3.46. The zero-order valence-electron chi connectivity index (χ0n) is 13.6. The quantitative estimate of drug-likeness (QED) is 0.652. The first-order valence-electron chi connectivity index (χ1n) is 7.69. The number of esters is 1. The Balaban J connectivity index is 2.06. The Bertz CT molecular complexity index is 723. The summed E-state index contributed by atoms with van der Waals surface area (Å²) in [5, 5.41) is 2.62. The summed E-state index contributed by atoms with van der Waals surface area (Å²) < 4.78 is 5.35. The molecule has 0 bridgehead atoms. The average Bonchev–Trinajstić information content (AvgIpc) is 2.59. The summed E-state index contributed by atoms with van der Waals surface area (Å²) in [4.78, 5) is 35.6. The highest BCUT2D eigenvalue weighted by Crippen LogP contribution is 2.14. The van der Waals surface area contributed by atoms with E-state index in [1.807, 2.05) is 6.07 Å². The normalized spacial score (nSPS) is 11.4. The van der Waals surface area contributed by atoms with E-state index in [1.54, 1.807) is 55.5 Å². The van der Waals surface area contributed by atoms with Crippen molar-refractivity contribution in [2.45, 2.75) is 26.4 Å². The van der Waals surface area contributed by atoms with Gasteiger partial charge in [0.05, 0.1) is 5.56 Å². The lowest BCUT2D eigenvalue weighted by atomic mass is 10.0. The first kappa shape index (κ1) is 17.4. The first-order chi connectivity index (χ1) is 11.5. The molecule has 0 saturated carbocycles. The molecule has 0 unspecified atom stereocenters. The monoisotopic (exact) mass is 325 g/mol. The molecule has 124 valence electrons. The SMILES string of the molecule is CC[C@@H](OC(=O)c1ccc(NC(C)=O)cc1)C(=O)c1ccccc1. The van der Waals surface area contributed by atoms with Gasteiger partial charge in [0.25, 0.3) is 0 Å². The maximum absolute atomic E-state index is 12.4. The lowest BCUT2D eigenvalue weighted by Gasteiger charge is -2.15. The Kier molecular flexibility index (Phi) is 5.84. The van der Waals surface area contributed by atoms with Gasteiger partial charge in [0.2, 0.25) is 11.7 Å². The molecule has 2 aromatic carbocycles. The number of anilines is 1. The molecule has 2 aromatic rings.